The van der Waals surface area contributed by atoms with Crippen LogP contribution in [-0.2, 0) is 20.6 Å². The Morgan fingerprint density at radius 3 is 2.50 bits per heavy atom. The number of carbonyl (C=O) groups excluding carboxylic acids is 1. The third kappa shape index (κ3) is 5.36. The van der Waals surface area contributed by atoms with Crippen molar-refractivity contribution in [2.45, 2.75) is 18.6 Å². The first-order valence-corrected chi connectivity index (χ1v) is 11.0. The predicted molar refractivity (Wildman–Crippen MR) is 108 cm³/mol. The lowest BCUT2D eigenvalue weighted by Gasteiger charge is -2.40. The van der Waals surface area contributed by atoms with Crippen molar-refractivity contribution >= 4 is 27.7 Å². The van der Waals surface area contributed by atoms with E-state index in [1.165, 1.54) is 4.90 Å². The minimum atomic E-state index is -3.88. The van der Waals surface area contributed by atoms with E-state index in [1.807, 2.05) is 4.72 Å². The summed E-state index contributed by atoms with van der Waals surface area (Å²) in [6, 6.07) is 10.9. The molecule has 12 heteroatoms. The van der Waals surface area contributed by atoms with Gasteiger partial charge >= 0.3 is 5.97 Å². The van der Waals surface area contributed by atoms with Crippen LogP contribution in [0.4, 0.5) is 14.6 Å². The Morgan fingerprint density at radius 1 is 1.28 bits per heavy atom. The number of sulfonamides is 1. The number of nitrogens with one attached hydrogen (secondary N) is 1. The lowest BCUT2D eigenvalue weighted by atomic mass is 9.95. The van der Waals surface area contributed by atoms with E-state index in [4.69, 9.17) is 5.11 Å². The molecule has 2 aromatic rings. The Hall–Kier alpha value is -3.59. The molecule has 2 heterocycles. The molecular formula is C20H18F2N4O5S. The van der Waals surface area contributed by atoms with Gasteiger partial charge in [-0.1, -0.05) is 30.3 Å². The molecule has 3 rings (SSSR count). The fourth-order valence-electron chi connectivity index (χ4n) is 3.36. The number of nitrogens with zero attached hydrogens (tertiary/aromatic N) is 3. The van der Waals surface area contributed by atoms with E-state index in [1.54, 1.807) is 36.4 Å². The summed E-state index contributed by atoms with van der Waals surface area (Å²) >= 11 is 0. The highest BCUT2D eigenvalue weighted by Gasteiger charge is 2.34. The molecule has 1 aliphatic heterocycles. The number of pyridine rings is 1. The van der Waals surface area contributed by atoms with Crippen molar-refractivity contribution in [3.05, 3.63) is 58.8 Å². The van der Waals surface area contributed by atoms with Gasteiger partial charge in [-0.05, 0) is 11.6 Å². The van der Waals surface area contributed by atoms with Crippen LogP contribution in [0.25, 0.3) is 0 Å². The number of carboxylic acids is 1. The van der Waals surface area contributed by atoms with Gasteiger partial charge in [0.2, 0.25) is 15.9 Å². The number of aromatic carboxylic acids is 1. The molecule has 9 nitrogen and oxygen atoms in total. The Morgan fingerprint density at radius 2 is 1.94 bits per heavy atom. The van der Waals surface area contributed by atoms with Crippen LogP contribution >= 0.6 is 0 Å². The van der Waals surface area contributed by atoms with Gasteiger partial charge in [-0.3, -0.25) is 9.52 Å². The summed E-state index contributed by atoms with van der Waals surface area (Å²) in [7, 11) is -3.88. The smallest absolute Gasteiger partial charge is 0.337 e. The molecule has 1 aromatic carbocycles. The number of aromatic nitrogens is 1. The number of rotatable bonds is 8. The van der Waals surface area contributed by atoms with E-state index in [0.29, 0.717) is 5.56 Å². The largest absolute Gasteiger partial charge is 0.478 e. The van der Waals surface area contributed by atoms with Gasteiger partial charge in [-0.2, -0.15) is 5.26 Å². The summed E-state index contributed by atoms with van der Waals surface area (Å²) in [4.78, 5) is 28.5. The molecule has 2 N–H and O–H groups in total. The number of carbonyl (C=O) groups is 2. The second-order valence-electron chi connectivity index (χ2n) is 7.26. The van der Waals surface area contributed by atoms with Crippen molar-refractivity contribution in [1.29, 1.82) is 5.26 Å². The van der Waals surface area contributed by atoms with Crippen LogP contribution in [0.1, 0.15) is 40.0 Å². The molecular weight excluding hydrogens is 446 g/mol. The van der Waals surface area contributed by atoms with Gasteiger partial charge in [0.05, 0.1) is 16.9 Å². The Kier molecular flexibility index (Phi) is 6.69. The number of nitriles is 1. The van der Waals surface area contributed by atoms with Gasteiger partial charge < -0.3 is 10.0 Å². The molecule has 0 atom stereocenters. The SMILES string of the molecule is N#Cc1cc(C(=O)O)c(C(F)F)nc1N1CC(CC(=O)NS(=O)(=O)Cc2ccccc2)C1. The van der Waals surface area contributed by atoms with E-state index in [2.05, 4.69) is 4.98 Å². The van der Waals surface area contributed by atoms with E-state index in [0.717, 1.165) is 6.07 Å². The van der Waals surface area contributed by atoms with Crippen molar-refractivity contribution in [1.82, 2.24) is 9.71 Å². The summed E-state index contributed by atoms with van der Waals surface area (Å²) in [5.74, 6) is -3.05. The summed E-state index contributed by atoms with van der Waals surface area (Å²) in [5, 5.41) is 18.3. The molecule has 168 valence electrons. The maximum Gasteiger partial charge on any atom is 0.337 e. The highest BCUT2D eigenvalue weighted by molar-refractivity contribution is 7.89. The van der Waals surface area contributed by atoms with Crippen LogP contribution in [0.5, 0.6) is 0 Å². The van der Waals surface area contributed by atoms with Gasteiger partial charge in [-0.15, -0.1) is 0 Å². The Labute approximate surface area is 182 Å². The number of anilines is 1. The average Bonchev–Trinajstić information content (AvgIpc) is 2.69. The van der Waals surface area contributed by atoms with Crippen LogP contribution in [0.2, 0.25) is 0 Å². The van der Waals surface area contributed by atoms with Crippen molar-refractivity contribution in [2.75, 3.05) is 18.0 Å². The quantitative estimate of drug-likeness (QED) is 0.605. The molecule has 0 radical (unpaired) electrons. The molecule has 0 spiro atoms. The maximum atomic E-state index is 13.2. The standard InChI is InChI=1S/C20H18F2N4O5S/c21-18(22)17-15(20(28)29)7-14(8-23)19(24-17)26-9-13(10-26)6-16(27)25-32(30,31)11-12-4-2-1-3-5-12/h1-5,7,13,18H,6,9-11H2,(H,25,27)(H,28,29). The summed E-state index contributed by atoms with van der Waals surface area (Å²) in [6.45, 7) is 0.339. The number of carboxylic acid groups (broad SMARTS) is 1. The number of hydrogen-bond acceptors (Lipinski definition) is 7. The van der Waals surface area contributed by atoms with Crippen LogP contribution in [0.3, 0.4) is 0 Å². The zero-order chi connectivity index (χ0) is 23.5. The lowest BCUT2D eigenvalue weighted by Crippen LogP contribution is -2.49. The Balaban J connectivity index is 1.62. The molecule has 0 aliphatic carbocycles. The van der Waals surface area contributed by atoms with Gasteiger partial charge in [0, 0.05) is 25.4 Å². The first kappa shape index (κ1) is 23.1. The lowest BCUT2D eigenvalue weighted by molar-refractivity contribution is -0.120. The number of halogens is 2. The van der Waals surface area contributed by atoms with Gasteiger partial charge in [0.1, 0.15) is 17.6 Å². The molecule has 0 saturated carbocycles. The van der Waals surface area contributed by atoms with Crippen molar-refractivity contribution < 1.29 is 31.9 Å². The molecule has 1 amide bonds. The number of alkyl halides is 2. The molecule has 0 unspecified atom stereocenters. The zero-order valence-corrected chi connectivity index (χ0v) is 17.3. The normalized spacial score (nSPS) is 14.0. The molecule has 1 aliphatic rings. The highest BCUT2D eigenvalue weighted by atomic mass is 32.2. The average molecular weight is 464 g/mol. The molecule has 32 heavy (non-hydrogen) atoms. The molecule has 0 bridgehead atoms. The molecule has 1 aromatic heterocycles. The van der Waals surface area contributed by atoms with E-state index >= 15 is 0 Å². The van der Waals surface area contributed by atoms with Crippen LogP contribution in [-0.4, -0.2) is 43.5 Å². The first-order valence-electron chi connectivity index (χ1n) is 9.38. The van der Waals surface area contributed by atoms with Crippen LogP contribution in [0, 0.1) is 17.2 Å². The maximum absolute atomic E-state index is 13.2. The van der Waals surface area contributed by atoms with Crippen molar-refractivity contribution in [2.24, 2.45) is 5.92 Å². The monoisotopic (exact) mass is 464 g/mol. The molecule has 1 fully saturated rings. The molecule has 1 saturated heterocycles. The van der Waals surface area contributed by atoms with Gasteiger partial charge in [0.15, 0.2) is 0 Å². The third-order valence-electron chi connectivity index (χ3n) is 4.79. The first-order chi connectivity index (χ1) is 15.1. The summed E-state index contributed by atoms with van der Waals surface area (Å²) < 4.78 is 52.7. The summed E-state index contributed by atoms with van der Waals surface area (Å²) in [6.07, 6.45) is -3.27. The van der Waals surface area contributed by atoms with Crippen molar-refractivity contribution in [3.8, 4) is 6.07 Å². The van der Waals surface area contributed by atoms with E-state index < -0.39 is 39.6 Å². The van der Waals surface area contributed by atoms with E-state index in [9.17, 15) is 32.0 Å². The van der Waals surface area contributed by atoms with Crippen LogP contribution < -0.4 is 9.62 Å². The predicted octanol–water partition coefficient (Wildman–Crippen LogP) is 2.06. The summed E-state index contributed by atoms with van der Waals surface area (Å²) in [5.41, 5.74) is -1.35. The van der Waals surface area contributed by atoms with Gasteiger partial charge in [-0.25, -0.2) is 27.0 Å². The minimum Gasteiger partial charge on any atom is -0.478 e. The van der Waals surface area contributed by atoms with Gasteiger partial charge in [0.25, 0.3) is 6.43 Å². The fraction of sp³-hybridized carbons (Fsp3) is 0.300. The van der Waals surface area contributed by atoms with Crippen molar-refractivity contribution in [3.63, 3.8) is 0 Å². The fourth-order valence-corrected chi connectivity index (χ4v) is 4.49. The second-order valence-corrected chi connectivity index (χ2v) is 8.98. The van der Waals surface area contributed by atoms with Crippen LogP contribution in [0.15, 0.2) is 36.4 Å². The zero-order valence-electron chi connectivity index (χ0n) is 16.5. The topological polar surface area (TPSA) is 140 Å². The highest BCUT2D eigenvalue weighted by Crippen LogP contribution is 2.32. The van der Waals surface area contributed by atoms with E-state index in [-0.39, 0.29) is 42.6 Å². The minimum absolute atomic E-state index is 0.0962. The number of hydrogen-bond donors (Lipinski definition) is 2. The third-order valence-corrected chi connectivity index (χ3v) is 6.04. The number of amides is 1. The number of benzene rings is 1. The Bertz CT molecular complexity index is 1180. The second kappa shape index (κ2) is 9.27.